The first kappa shape index (κ1) is 20.8. The van der Waals surface area contributed by atoms with Gasteiger partial charge in [-0.1, -0.05) is 0 Å². The fraction of sp³-hybridized carbons (Fsp3) is 0.300. The van der Waals surface area contributed by atoms with Gasteiger partial charge in [-0.15, -0.1) is 0 Å². The highest BCUT2D eigenvalue weighted by molar-refractivity contribution is 7.89. The van der Waals surface area contributed by atoms with Crippen LogP contribution in [0.4, 0.5) is 0 Å². The molecular formula is C20H23N3O5S. The van der Waals surface area contributed by atoms with Crippen molar-refractivity contribution < 1.29 is 22.7 Å². The Morgan fingerprint density at radius 1 is 1.00 bits per heavy atom. The van der Waals surface area contributed by atoms with Gasteiger partial charge >= 0.3 is 0 Å². The van der Waals surface area contributed by atoms with Crippen LogP contribution in [-0.4, -0.2) is 68.9 Å². The van der Waals surface area contributed by atoms with E-state index in [4.69, 9.17) is 9.47 Å². The number of sulfonamides is 1. The minimum atomic E-state index is -3.69. The molecule has 1 amide bonds. The summed E-state index contributed by atoms with van der Waals surface area (Å²) >= 11 is 0. The molecule has 1 saturated heterocycles. The second kappa shape index (κ2) is 9.06. The highest BCUT2D eigenvalue weighted by Crippen LogP contribution is 2.30. The smallest absolute Gasteiger partial charge is 0.246 e. The van der Waals surface area contributed by atoms with Crippen molar-refractivity contribution in [2.75, 3.05) is 40.4 Å². The molecule has 29 heavy (non-hydrogen) atoms. The second-order valence-electron chi connectivity index (χ2n) is 6.36. The fourth-order valence-electron chi connectivity index (χ4n) is 3.02. The number of nitrogens with zero attached hydrogens (tertiary/aromatic N) is 3. The maximum Gasteiger partial charge on any atom is 0.246 e. The van der Waals surface area contributed by atoms with Gasteiger partial charge in [0.05, 0.1) is 19.1 Å². The van der Waals surface area contributed by atoms with Crippen LogP contribution >= 0.6 is 0 Å². The Hall–Kier alpha value is -2.91. The second-order valence-corrected chi connectivity index (χ2v) is 8.30. The Morgan fingerprint density at radius 2 is 1.66 bits per heavy atom. The predicted octanol–water partition coefficient (Wildman–Crippen LogP) is 1.65. The number of amides is 1. The number of pyridine rings is 1. The molecule has 0 saturated carbocycles. The molecule has 3 rings (SSSR count). The Balaban J connectivity index is 1.65. The van der Waals surface area contributed by atoms with Gasteiger partial charge in [0.1, 0.15) is 0 Å². The zero-order chi connectivity index (χ0) is 20.9. The molecule has 0 atom stereocenters. The summed E-state index contributed by atoms with van der Waals surface area (Å²) in [4.78, 5) is 18.1. The van der Waals surface area contributed by atoms with Crippen molar-refractivity contribution in [2.24, 2.45) is 0 Å². The molecule has 1 aliphatic rings. The summed E-state index contributed by atoms with van der Waals surface area (Å²) in [5, 5.41) is 0. The first-order valence-electron chi connectivity index (χ1n) is 9.05. The summed E-state index contributed by atoms with van der Waals surface area (Å²) in [6.45, 7) is 1.11. The van der Waals surface area contributed by atoms with E-state index >= 15 is 0 Å². The molecule has 0 unspecified atom stereocenters. The standard InChI is InChI=1S/C20H23N3O5S/c1-27-18-5-4-17(15-19(18)28-2)29(25,26)23-13-11-22(12-14-23)20(24)6-3-16-7-9-21-10-8-16/h3-10,15H,11-14H2,1-2H3/b6-3+. The molecule has 0 aliphatic carbocycles. The summed E-state index contributed by atoms with van der Waals surface area (Å²) in [6.07, 6.45) is 6.52. The molecule has 1 fully saturated rings. The van der Waals surface area contributed by atoms with Crippen molar-refractivity contribution in [1.29, 1.82) is 0 Å². The SMILES string of the molecule is COc1ccc(S(=O)(=O)N2CCN(C(=O)/C=C/c3ccncc3)CC2)cc1OC. The number of aromatic nitrogens is 1. The highest BCUT2D eigenvalue weighted by Gasteiger charge is 2.30. The normalized spacial score (nSPS) is 15.4. The number of hydrogen-bond acceptors (Lipinski definition) is 6. The van der Waals surface area contributed by atoms with Gasteiger partial charge in [0, 0.05) is 50.7 Å². The average molecular weight is 417 g/mol. The van der Waals surface area contributed by atoms with Crippen molar-refractivity contribution in [3.63, 3.8) is 0 Å². The van der Waals surface area contributed by atoms with E-state index in [9.17, 15) is 13.2 Å². The number of methoxy groups -OCH3 is 2. The molecule has 0 spiro atoms. The van der Waals surface area contributed by atoms with Crippen molar-refractivity contribution in [1.82, 2.24) is 14.2 Å². The van der Waals surface area contributed by atoms with Crippen LogP contribution in [0.3, 0.4) is 0 Å². The van der Waals surface area contributed by atoms with E-state index in [-0.39, 0.29) is 23.9 Å². The number of benzene rings is 1. The lowest BCUT2D eigenvalue weighted by molar-refractivity contribution is -0.127. The summed E-state index contributed by atoms with van der Waals surface area (Å²) in [5.41, 5.74) is 0.878. The fourth-order valence-corrected chi connectivity index (χ4v) is 4.46. The van der Waals surface area contributed by atoms with Crippen molar-refractivity contribution in [2.45, 2.75) is 4.90 Å². The van der Waals surface area contributed by atoms with E-state index in [1.165, 1.54) is 36.7 Å². The molecular weight excluding hydrogens is 394 g/mol. The molecule has 0 N–H and O–H groups in total. The number of rotatable bonds is 6. The molecule has 9 heteroatoms. The van der Waals surface area contributed by atoms with E-state index in [1.807, 2.05) is 0 Å². The van der Waals surface area contributed by atoms with Crippen LogP contribution in [0.5, 0.6) is 11.5 Å². The summed E-state index contributed by atoms with van der Waals surface area (Å²) in [5.74, 6) is 0.663. The van der Waals surface area contributed by atoms with Crippen LogP contribution in [0.2, 0.25) is 0 Å². The quantitative estimate of drug-likeness (QED) is 0.664. The molecule has 2 aromatic rings. The first-order chi connectivity index (χ1) is 14.0. The van der Waals surface area contributed by atoms with Gasteiger partial charge in [-0.2, -0.15) is 4.31 Å². The molecule has 1 aliphatic heterocycles. The molecule has 8 nitrogen and oxygen atoms in total. The zero-order valence-corrected chi connectivity index (χ0v) is 17.1. The predicted molar refractivity (Wildman–Crippen MR) is 108 cm³/mol. The number of hydrogen-bond donors (Lipinski definition) is 0. The van der Waals surface area contributed by atoms with Gasteiger partial charge in [0.2, 0.25) is 15.9 Å². The van der Waals surface area contributed by atoms with Crippen molar-refractivity contribution >= 4 is 22.0 Å². The van der Waals surface area contributed by atoms with Crippen LogP contribution < -0.4 is 9.47 Å². The molecule has 0 radical (unpaired) electrons. The summed E-state index contributed by atoms with van der Waals surface area (Å²) in [6, 6.07) is 8.11. The van der Waals surface area contributed by atoms with Crippen LogP contribution in [0.15, 0.2) is 53.7 Å². The minimum Gasteiger partial charge on any atom is -0.493 e. The van der Waals surface area contributed by atoms with Crippen LogP contribution in [0, 0.1) is 0 Å². The van der Waals surface area contributed by atoms with Gasteiger partial charge in [-0.05, 0) is 35.9 Å². The number of carbonyl (C=O) groups is 1. The molecule has 2 heterocycles. The Labute approximate surface area is 170 Å². The summed E-state index contributed by atoms with van der Waals surface area (Å²) < 4.78 is 37.6. The van der Waals surface area contributed by atoms with E-state index in [1.54, 1.807) is 41.6 Å². The van der Waals surface area contributed by atoms with Crippen LogP contribution in [-0.2, 0) is 14.8 Å². The van der Waals surface area contributed by atoms with Crippen molar-refractivity contribution in [3.05, 3.63) is 54.4 Å². The van der Waals surface area contributed by atoms with Crippen LogP contribution in [0.25, 0.3) is 6.08 Å². The average Bonchev–Trinajstić information content (AvgIpc) is 2.77. The number of ether oxygens (including phenoxy) is 2. The molecule has 154 valence electrons. The Bertz CT molecular complexity index is 984. The number of carbonyl (C=O) groups excluding carboxylic acids is 1. The van der Waals surface area contributed by atoms with Crippen LogP contribution in [0.1, 0.15) is 5.56 Å². The monoisotopic (exact) mass is 417 g/mol. The lowest BCUT2D eigenvalue weighted by atomic mass is 10.2. The Kier molecular flexibility index (Phi) is 6.50. The lowest BCUT2D eigenvalue weighted by Gasteiger charge is -2.33. The maximum atomic E-state index is 12.9. The largest absolute Gasteiger partial charge is 0.493 e. The van der Waals surface area contributed by atoms with Gasteiger partial charge in [-0.25, -0.2) is 8.42 Å². The van der Waals surface area contributed by atoms with Gasteiger partial charge in [-0.3, -0.25) is 9.78 Å². The van der Waals surface area contributed by atoms with Gasteiger partial charge in [0.15, 0.2) is 11.5 Å². The van der Waals surface area contributed by atoms with Gasteiger partial charge in [0.25, 0.3) is 0 Å². The summed E-state index contributed by atoms with van der Waals surface area (Å²) in [7, 11) is -0.741. The lowest BCUT2D eigenvalue weighted by Crippen LogP contribution is -2.50. The minimum absolute atomic E-state index is 0.132. The third-order valence-electron chi connectivity index (χ3n) is 4.67. The Morgan fingerprint density at radius 3 is 2.28 bits per heavy atom. The van der Waals surface area contributed by atoms with E-state index in [0.29, 0.717) is 24.6 Å². The van der Waals surface area contributed by atoms with E-state index in [0.717, 1.165) is 5.56 Å². The van der Waals surface area contributed by atoms with Gasteiger partial charge < -0.3 is 14.4 Å². The third-order valence-corrected chi connectivity index (χ3v) is 6.56. The third kappa shape index (κ3) is 4.75. The first-order valence-corrected chi connectivity index (χ1v) is 10.5. The number of piperazine rings is 1. The van der Waals surface area contributed by atoms with E-state index < -0.39 is 10.0 Å². The zero-order valence-electron chi connectivity index (χ0n) is 16.3. The van der Waals surface area contributed by atoms with Crippen molar-refractivity contribution in [3.8, 4) is 11.5 Å². The molecule has 1 aromatic heterocycles. The topological polar surface area (TPSA) is 89.0 Å². The molecule has 0 bridgehead atoms. The van der Waals surface area contributed by atoms with E-state index in [2.05, 4.69) is 4.98 Å². The maximum absolute atomic E-state index is 12.9. The highest BCUT2D eigenvalue weighted by atomic mass is 32.2. The molecule has 1 aromatic carbocycles.